The van der Waals surface area contributed by atoms with Crippen molar-refractivity contribution in [2.75, 3.05) is 18.6 Å². The van der Waals surface area contributed by atoms with E-state index in [4.69, 9.17) is 14.3 Å². The average Bonchev–Trinajstić information content (AvgIpc) is 3.74. The van der Waals surface area contributed by atoms with Crippen molar-refractivity contribution in [1.82, 2.24) is 10.0 Å². The molecule has 46 heavy (non-hydrogen) atoms. The SMILES string of the molecule is CN(C(=O)c1cc2cc([C@H]3CCOC(C)(C)C3)ccc2n1[C@]1(C2=NC(=C=O)ON2)CC12CC2C(=O)OC(C)(C)C)c1ccccc1. The van der Waals surface area contributed by atoms with E-state index in [0.717, 1.165) is 29.4 Å². The van der Waals surface area contributed by atoms with Gasteiger partial charge in [0.05, 0.1) is 11.5 Å². The lowest BCUT2D eigenvalue weighted by molar-refractivity contribution is -0.157. The molecule has 3 aromatic rings. The first-order chi connectivity index (χ1) is 21.8. The number of para-hydroxylation sites is 1. The zero-order chi connectivity index (χ0) is 32.6. The molecule has 1 spiro atoms. The Bertz CT molecular complexity index is 1830. The van der Waals surface area contributed by atoms with Gasteiger partial charge in [-0.2, -0.15) is 4.99 Å². The second-order valence-corrected chi connectivity index (χ2v) is 14.7. The van der Waals surface area contributed by atoms with Gasteiger partial charge in [-0.15, -0.1) is 0 Å². The summed E-state index contributed by atoms with van der Waals surface area (Å²) < 4.78 is 13.8. The van der Waals surface area contributed by atoms with Crippen LogP contribution in [0.1, 0.15) is 82.3 Å². The number of hydrogen-bond donors (Lipinski definition) is 1. The Kier molecular flexibility index (Phi) is 6.78. The molecule has 1 aromatic heterocycles. The molecule has 1 saturated heterocycles. The summed E-state index contributed by atoms with van der Waals surface area (Å²) in [6.45, 7) is 10.5. The van der Waals surface area contributed by atoms with E-state index in [1.165, 1.54) is 5.56 Å². The number of anilines is 1. The Morgan fingerprint density at radius 2 is 1.87 bits per heavy atom. The van der Waals surface area contributed by atoms with Crippen LogP contribution in [0.25, 0.3) is 10.9 Å². The maximum atomic E-state index is 14.5. The predicted molar refractivity (Wildman–Crippen MR) is 173 cm³/mol. The van der Waals surface area contributed by atoms with Gasteiger partial charge in [-0.05, 0) is 102 Å². The van der Waals surface area contributed by atoms with Crippen molar-refractivity contribution in [1.29, 1.82) is 0 Å². The number of amides is 1. The molecule has 2 aliphatic carbocycles. The number of carbonyl (C=O) groups excluding carboxylic acids is 3. The molecule has 4 atom stereocenters. The zero-order valence-corrected chi connectivity index (χ0v) is 27.2. The van der Waals surface area contributed by atoms with Crippen LogP contribution in [0.4, 0.5) is 5.69 Å². The first kappa shape index (κ1) is 30.3. The summed E-state index contributed by atoms with van der Waals surface area (Å²) in [5, 5.41) is 0.910. The molecule has 2 unspecified atom stereocenters. The van der Waals surface area contributed by atoms with Gasteiger partial charge in [0.2, 0.25) is 0 Å². The van der Waals surface area contributed by atoms with Gasteiger partial charge >= 0.3 is 11.9 Å². The van der Waals surface area contributed by atoms with Gasteiger partial charge in [-0.1, -0.05) is 24.3 Å². The van der Waals surface area contributed by atoms with Gasteiger partial charge in [0.25, 0.3) is 5.91 Å². The Labute approximate surface area is 268 Å². The molecule has 0 bridgehead atoms. The number of aromatic nitrogens is 1. The molecule has 2 aliphatic heterocycles. The van der Waals surface area contributed by atoms with Crippen molar-refractivity contribution in [3.05, 3.63) is 71.7 Å². The van der Waals surface area contributed by atoms with Crippen molar-refractivity contribution in [2.45, 2.75) is 83.0 Å². The van der Waals surface area contributed by atoms with Crippen molar-refractivity contribution < 1.29 is 28.7 Å². The summed E-state index contributed by atoms with van der Waals surface area (Å²) in [6, 6.07) is 17.8. The molecule has 2 saturated carbocycles. The van der Waals surface area contributed by atoms with Gasteiger partial charge in [0.1, 0.15) is 16.8 Å². The Balaban J connectivity index is 1.39. The molecule has 4 aliphatic rings. The lowest BCUT2D eigenvalue weighted by atomic mass is 9.83. The van der Waals surface area contributed by atoms with Crippen molar-refractivity contribution in [3.63, 3.8) is 0 Å². The van der Waals surface area contributed by atoms with Crippen molar-refractivity contribution in [2.24, 2.45) is 16.3 Å². The molecule has 2 aromatic carbocycles. The number of rotatable bonds is 6. The van der Waals surface area contributed by atoms with E-state index < -0.39 is 22.5 Å². The summed E-state index contributed by atoms with van der Waals surface area (Å²) in [5.41, 5.74) is 3.69. The third kappa shape index (κ3) is 4.82. The fourth-order valence-electron chi connectivity index (χ4n) is 7.76. The monoisotopic (exact) mass is 624 g/mol. The second kappa shape index (κ2) is 10.3. The van der Waals surface area contributed by atoms with E-state index in [1.807, 2.05) is 61.7 Å². The maximum absolute atomic E-state index is 14.5. The van der Waals surface area contributed by atoms with Gasteiger partial charge < -0.3 is 23.8 Å². The highest BCUT2D eigenvalue weighted by molar-refractivity contribution is 6.10. The standard InChI is InChI=1S/C36H40N4O6/c1-33(2,3)45-31(43)26-19-35(26)21-36(35,32-37-29(20-41)46-38-32)40-27-13-12-22(23-14-15-44-34(4,5)18-23)16-24(27)17-28(40)30(42)39(6)25-10-8-7-9-11-25/h7-13,16-17,23,26H,14-15,18-19,21H2,1-6H3,(H,37,38)/t23-,26?,35?,36-/m0/s1. The van der Waals surface area contributed by atoms with Crippen LogP contribution in [0.2, 0.25) is 0 Å². The molecular weight excluding hydrogens is 584 g/mol. The molecule has 7 rings (SSSR count). The predicted octanol–water partition coefficient (Wildman–Crippen LogP) is 5.64. The Morgan fingerprint density at radius 1 is 1.11 bits per heavy atom. The quantitative estimate of drug-likeness (QED) is 0.279. The first-order valence-electron chi connectivity index (χ1n) is 15.9. The third-order valence-electron chi connectivity index (χ3n) is 10.0. The van der Waals surface area contributed by atoms with Crippen LogP contribution in [-0.2, 0) is 29.4 Å². The van der Waals surface area contributed by atoms with Crippen LogP contribution in [0, 0.1) is 11.3 Å². The Hall–Kier alpha value is -4.40. The highest BCUT2D eigenvalue weighted by Crippen LogP contribution is 2.81. The molecule has 240 valence electrons. The molecule has 3 fully saturated rings. The molecule has 3 heterocycles. The molecule has 0 radical (unpaired) electrons. The number of amidine groups is 1. The number of nitrogens with one attached hydrogen (secondary N) is 1. The van der Waals surface area contributed by atoms with E-state index >= 15 is 0 Å². The number of hydroxylamine groups is 1. The van der Waals surface area contributed by atoms with Crippen LogP contribution in [0.15, 0.2) is 65.5 Å². The molecular formula is C36H40N4O6. The van der Waals surface area contributed by atoms with Crippen molar-refractivity contribution >= 4 is 40.2 Å². The normalized spacial score (nSPS) is 27.8. The van der Waals surface area contributed by atoms with Crippen LogP contribution in [0.5, 0.6) is 0 Å². The average molecular weight is 625 g/mol. The largest absolute Gasteiger partial charge is 0.460 e. The summed E-state index contributed by atoms with van der Waals surface area (Å²) >= 11 is 0. The number of aliphatic imine (C=N–C) groups is 1. The van der Waals surface area contributed by atoms with Gasteiger partial charge in [0, 0.05) is 35.7 Å². The smallest absolute Gasteiger partial charge is 0.332 e. The summed E-state index contributed by atoms with van der Waals surface area (Å²) in [4.78, 5) is 51.0. The number of fused-ring (bicyclic) bond motifs is 1. The minimum atomic E-state index is -0.959. The van der Waals surface area contributed by atoms with Crippen LogP contribution in [0.3, 0.4) is 0 Å². The molecule has 10 heteroatoms. The number of benzene rings is 2. The highest BCUT2D eigenvalue weighted by atomic mass is 16.7. The van der Waals surface area contributed by atoms with E-state index in [2.05, 4.69) is 42.5 Å². The van der Waals surface area contributed by atoms with Gasteiger partial charge in [-0.25, -0.2) is 10.3 Å². The molecule has 10 nitrogen and oxygen atoms in total. The van der Waals surface area contributed by atoms with Crippen LogP contribution < -0.4 is 10.4 Å². The first-order valence-corrected chi connectivity index (χ1v) is 15.9. The van der Waals surface area contributed by atoms with Crippen molar-refractivity contribution in [3.8, 4) is 0 Å². The highest BCUT2D eigenvalue weighted by Gasteiger charge is 2.86. The fraction of sp³-hybridized carbons (Fsp3) is 0.472. The zero-order valence-electron chi connectivity index (χ0n) is 27.2. The van der Waals surface area contributed by atoms with E-state index in [9.17, 15) is 14.4 Å². The second-order valence-electron chi connectivity index (χ2n) is 14.7. The van der Waals surface area contributed by atoms with E-state index in [1.54, 1.807) is 17.9 Å². The fourth-order valence-corrected chi connectivity index (χ4v) is 7.76. The van der Waals surface area contributed by atoms with Gasteiger partial charge in [0.15, 0.2) is 11.8 Å². The molecule has 1 N–H and O–H groups in total. The summed E-state index contributed by atoms with van der Waals surface area (Å²) in [5.74, 6) is 1.30. The number of hydrogen-bond acceptors (Lipinski definition) is 8. The third-order valence-corrected chi connectivity index (χ3v) is 10.0. The topological polar surface area (TPSA) is 111 Å². The van der Waals surface area contributed by atoms with Crippen LogP contribution in [-0.4, -0.2) is 53.1 Å². The number of ether oxygens (including phenoxy) is 2. The van der Waals surface area contributed by atoms with Crippen LogP contribution >= 0.6 is 0 Å². The van der Waals surface area contributed by atoms with E-state index in [0.29, 0.717) is 36.9 Å². The van der Waals surface area contributed by atoms with E-state index in [-0.39, 0.29) is 23.4 Å². The summed E-state index contributed by atoms with van der Waals surface area (Å²) in [7, 11) is 1.76. The number of esters is 1. The maximum Gasteiger partial charge on any atom is 0.332 e. The number of carbonyl (C=O) groups is 2. The number of nitrogens with zero attached hydrogens (tertiary/aromatic N) is 3. The Morgan fingerprint density at radius 3 is 2.54 bits per heavy atom. The lowest BCUT2D eigenvalue weighted by Gasteiger charge is -2.35. The molecule has 1 amide bonds. The minimum Gasteiger partial charge on any atom is -0.460 e. The summed E-state index contributed by atoms with van der Waals surface area (Å²) in [6.07, 6.45) is 2.88. The van der Waals surface area contributed by atoms with Gasteiger partial charge in [-0.3, -0.25) is 9.59 Å². The minimum absolute atomic E-state index is 0.210. The lowest BCUT2D eigenvalue weighted by Crippen LogP contribution is -2.41.